The number of alkyl halides is 3. The average molecular weight is 652 g/mol. The van der Waals surface area contributed by atoms with Crippen LogP contribution in [0.5, 0.6) is 0 Å². The third-order valence-corrected chi connectivity index (χ3v) is 8.77. The number of rotatable bonds is 13. The molecule has 1 fully saturated rings. The summed E-state index contributed by atoms with van der Waals surface area (Å²) in [5, 5.41) is 15.5. The number of hydrogen-bond donors (Lipinski definition) is 4. The molecule has 0 aliphatic carbocycles. The number of hydrogen-bond acceptors (Lipinski definition) is 11. The predicted octanol–water partition coefficient (Wildman–Crippen LogP) is 1.81. The summed E-state index contributed by atoms with van der Waals surface area (Å²) >= 11 is 11.4. The summed E-state index contributed by atoms with van der Waals surface area (Å²) in [4.78, 5) is 40.6. The number of nitrogens with one attached hydrogen (secondary N) is 2. The summed E-state index contributed by atoms with van der Waals surface area (Å²) in [6.07, 6.45) is -10.9. The monoisotopic (exact) mass is 651 g/mol. The van der Waals surface area contributed by atoms with Gasteiger partial charge in [0.25, 0.3) is 6.43 Å². The van der Waals surface area contributed by atoms with Crippen LogP contribution in [0.4, 0.5) is 19.0 Å². The normalized spacial score (nSPS) is 24.6. The Morgan fingerprint density at radius 2 is 1.68 bits per heavy atom. The van der Waals surface area contributed by atoms with Crippen molar-refractivity contribution in [2.75, 3.05) is 12.3 Å². The standard InChI is InChI=1S/C22H34ClF3N5O8PS/c1-9(2)37-18(33)11(5)29-40(41,30-12(6)19(34)38-10(3)4)36-8-22(20(25)26)15(24)14(32)17(39-22)31-7-13(23)16(27)28-21(31)35/h7,9-12,14-15,17,20,32H,8H2,1-6H3,(H2,27,28,35)(H2,29,30,41)/t11-,12-,14+,15+,17+,22+/m0/s1. The fourth-order valence-electron chi connectivity index (χ4n) is 3.59. The lowest BCUT2D eigenvalue weighted by Gasteiger charge is -2.35. The highest BCUT2D eigenvalue weighted by molar-refractivity contribution is 8.10. The molecule has 2 rings (SSSR count). The molecule has 1 aromatic rings. The molecule has 41 heavy (non-hydrogen) atoms. The molecular formula is C22H34ClF3N5O8PS. The average Bonchev–Trinajstić information content (AvgIpc) is 3.10. The van der Waals surface area contributed by atoms with Crippen LogP contribution < -0.4 is 21.6 Å². The van der Waals surface area contributed by atoms with E-state index in [-0.39, 0.29) is 10.8 Å². The van der Waals surface area contributed by atoms with Gasteiger partial charge in [0.15, 0.2) is 24.6 Å². The lowest BCUT2D eigenvalue weighted by molar-refractivity contribution is -0.182. The maximum Gasteiger partial charge on any atom is 0.351 e. The molecule has 13 nitrogen and oxygen atoms in total. The third-order valence-electron chi connectivity index (χ3n) is 5.59. The van der Waals surface area contributed by atoms with Crippen molar-refractivity contribution >= 4 is 47.7 Å². The second-order valence-corrected chi connectivity index (χ2v) is 13.6. The largest absolute Gasteiger partial charge is 0.462 e. The van der Waals surface area contributed by atoms with Crippen LogP contribution >= 0.6 is 18.2 Å². The van der Waals surface area contributed by atoms with Crippen molar-refractivity contribution in [1.29, 1.82) is 0 Å². The van der Waals surface area contributed by atoms with Crippen LogP contribution in [0.3, 0.4) is 0 Å². The van der Waals surface area contributed by atoms with Gasteiger partial charge in [-0.2, -0.15) is 4.98 Å². The van der Waals surface area contributed by atoms with Crippen molar-refractivity contribution in [1.82, 2.24) is 19.7 Å². The van der Waals surface area contributed by atoms with E-state index in [1.165, 1.54) is 13.8 Å². The molecule has 0 saturated carbocycles. The lowest BCUT2D eigenvalue weighted by atomic mass is 9.98. The number of ether oxygens (including phenoxy) is 3. The molecule has 6 atom stereocenters. The number of carbonyl (C=O) groups excluding carboxylic acids is 2. The molecule has 1 aliphatic heterocycles. The quantitative estimate of drug-likeness (QED) is 0.180. The number of nitrogen functional groups attached to an aromatic ring is 1. The fourth-order valence-corrected chi connectivity index (χ4v) is 6.68. The highest BCUT2D eigenvalue weighted by Gasteiger charge is 2.62. The van der Waals surface area contributed by atoms with E-state index in [0.717, 1.165) is 6.20 Å². The Labute approximate surface area is 244 Å². The second kappa shape index (κ2) is 14.1. The zero-order chi connectivity index (χ0) is 31.4. The molecule has 2 heterocycles. The maximum atomic E-state index is 15.4. The van der Waals surface area contributed by atoms with E-state index in [0.29, 0.717) is 4.57 Å². The van der Waals surface area contributed by atoms with Crippen LogP contribution in [-0.4, -0.2) is 81.8 Å². The molecule has 0 unspecified atom stereocenters. The van der Waals surface area contributed by atoms with Gasteiger partial charge in [-0.1, -0.05) is 11.6 Å². The molecule has 1 aliphatic rings. The minimum atomic E-state index is -3.87. The molecular weight excluding hydrogens is 618 g/mol. The first-order valence-electron chi connectivity index (χ1n) is 12.4. The van der Waals surface area contributed by atoms with Crippen molar-refractivity contribution < 1.29 is 46.6 Å². The predicted molar refractivity (Wildman–Crippen MR) is 146 cm³/mol. The van der Waals surface area contributed by atoms with Gasteiger partial charge in [-0.25, -0.2) is 28.1 Å². The highest BCUT2D eigenvalue weighted by atomic mass is 35.5. The number of nitrogens with zero attached hydrogens (tertiary/aromatic N) is 2. The Balaban J connectivity index is 2.41. The van der Waals surface area contributed by atoms with E-state index >= 15 is 4.39 Å². The maximum absolute atomic E-state index is 15.4. The Hall–Kier alpha value is -1.85. The van der Waals surface area contributed by atoms with Crippen molar-refractivity contribution in [3.8, 4) is 0 Å². The minimum absolute atomic E-state index is 0.282. The van der Waals surface area contributed by atoms with Crippen LogP contribution in [0, 0.1) is 0 Å². The molecule has 1 aromatic heterocycles. The molecule has 0 aromatic carbocycles. The van der Waals surface area contributed by atoms with Crippen molar-refractivity contribution in [2.45, 2.75) is 96.4 Å². The first-order chi connectivity index (χ1) is 18.8. The van der Waals surface area contributed by atoms with E-state index in [1.807, 2.05) is 0 Å². The SMILES string of the molecule is CC(C)OC(=O)[C@H](C)NP(=S)(N[C@@H](C)C(=O)OC(C)C)OC[C@@]1(C(F)F)O[C@@H](n2cc(Cl)c(N)nc2=O)[C@H](O)[C@H]1F. The molecule has 1 saturated heterocycles. The molecule has 234 valence electrons. The van der Waals surface area contributed by atoms with Crippen molar-refractivity contribution in [2.24, 2.45) is 0 Å². The summed E-state index contributed by atoms with van der Waals surface area (Å²) in [5.41, 5.74) is 1.15. The van der Waals surface area contributed by atoms with Gasteiger partial charge in [0.05, 0.1) is 23.8 Å². The number of aliphatic hydroxyl groups excluding tert-OH is 1. The summed E-state index contributed by atoms with van der Waals surface area (Å²) in [5.74, 6) is -1.93. The fraction of sp³-hybridized carbons (Fsp3) is 0.727. The number of aliphatic hydroxyl groups is 1. The van der Waals surface area contributed by atoms with Crippen LogP contribution in [-0.2, 0) is 40.1 Å². The van der Waals surface area contributed by atoms with E-state index < -0.39 is 85.6 Å². The Morgan fingerprint density at radius 3 is 2.12 bits per heavy atom. The molecule has 5 N–H and O–H groups in total. The molecule has 0 spiro atoms. The summed E-state index contributed by atoms with van der Waals surface area (Å²) in [7, 11) is 0. The van der Waals surface area contributed by atoms with Gasteiger partial charge in [-0.3, -0.25) is 14.2 Å². The van der Waals surface area contributed by atoms with Gasteiger partial charge < -0.3 is 29.6 Å². The van der Waals surface area contributed by atoms with Crippen LogP contribution in [0.1, 0.15) is 47.8 Å². The first kappa shape index (κ1) is 35.3. The van der Waals surface area contributed by atoms with E-state index in [4.69, 9.17) is 47.9 Å². The number of nitrogens with two attached hydrogens (primary N) is 1. The number of halogens is 4. The van der Waals surface area contributed by atoms with E-state index in [2.05, 4.69) is 15.2 Å². The van der Waals surface area contributed by atoms with Gasteiger partial charge >= 0.3 is 17.6 Å². The van der Waals surface area contributed by atoms with Crippen LogP contribution in [0.25, 0.3) is 0 Å². The Bertz CT molecular complexity index is 1180. The number of esters is 2. The van der Waals surface area contributed by atoms with Gasteiger partial charge in [0.1, 0.15) is 24.0 Å². The van der Waals surface area contributed by atoms with Gasteiger partial charge in [-0.05, 0) is 53.3 Å². The summed E-state index contributed by atoms with van der Waals surface area (Å²) in [6, 6.07) is -2.34. The topological polar surface area (TPSA) is 176 Å². The van der Waals surface area contributed by atoms with Crippen molar-refractivity contribution in [3.63, 3.8) is 0 Å². The van der Waals surface area contributed by atoms with Crippen LogP contribution in [0.15, 0.2) is 11.0 Å². The summed E-state index contributed by atoms with van der Waals surface area (Å²) in [6.45, 7) is 3.94. The third kappa shape index (κ3) is 8.60. The lowest BCUT2D eigenvalue weighted by Crippen LogP contribution is -2.52. The van der Waals surface area contributed by atoms with Gasteiger partial charge in [0, 0.05) is 6.20 Å². The van der Waals surface area contributed by atoms with Crippen molar-refractivity contribution in [3.05, 3.63) is 21.7 Å². The highest BCUT2D eigenvalue weighted by Crippen LogP contribution is 2.47. The molecule has 0 bridgehead atoms. The number of anilines is 1. The number of aromatic nitrogens is 2. The summed E-state index contributed by atoms with van der Waals surface area (Å²) < 4.78 is 66.0. The van der Waals surface area contributed by atoms with E-state index in [9.17, 15) is 28.3 Å². The zero-order valence-electron chi connectivity index (χ0n) is 23.0. The minimum Gasteiger partial charge on any atom is -0.462 e. The second-order valence-electron chi connectivity index (χ2n) is 9.82. The molecule has 19 heteroatoms. The Kier molecular flexibility index (Phi) is 12.1. The van der Waals surface area contributed by atoms with Gasteiger partial charge in [0.2, 0.25) is 0 Å². The zero-order valence-corrected chi connectivity index (χ0v) is 25.5. The molecule has 0 radical (unpaired) electrons. The molecule has 0 amide bonds. The smallest absolute Gasteiger partial charge is 0.351 e. The number of carbonyl (C=O) groups is 2. The van der Waals surface area contributed by atoms with Crippen LogP contribution in [0.2, 0.25) is 5.02 Å². The first-order valence-corrected chi connectivity index (χ1v) is 15.5. The van der Waals surface area contributed by atoms with Gasteiger partial charge in [-0.15, -0.1) is 0 Å². The Morgan fingerprint density at radius 1 is 1.20 bits per heavy atom. The van der Waals surface area contributed by atoms with E-state index in [1.54, 1.807) is 27.7 Å².